The molecule has 10 heavy (non-hydrogen) atoms. The second kappa shape index (κ2) is 2.85. The lowest BCUT2D eigenvalue weighted by atomic mass is 10.4. The molecule has 2 N–H and O–H groups in total. The van der Waals surface area contributed by atoms with Gasteiger partial charge in [0.1, 0.15) is 11.1 Å². The number of ketones is 1. The van der Waals surface area contributed by atoms with E-state index in [1.807, 2.05) is 5.37 Å². The van der Waals surface area contributed by atoms with Crippen LogP contribution in [0.2, 0.25) is 0 Å². The maximum atomic E-state index is 10.7. The lowest BCUT2D eigenvalue weighted by Gasteiger charge is -1.80. The molecule has 0 fully saturated rings. The SMILES string of the molecule is Nc1nc(C(=O)[C]=S)cs1. The van der Waals surface area contributed by atoms with Crippen LogP contribution in [0.15, 0.2) is 5.38 Å². The van der Waals surface area contributed by atoms with E-state index in [4.69, 9.17) is 5.73 Å². The summed E-state index contributed by atoms with van der Waals surface area (Å²) in [5.41, 5.74) is 5.54. The summed E-state index contributed by atoms with van der Waals surface area (Å²) >= 11 is 5.50. The number of nitrogen functional groups attached to an aromatic ring is 1. The lowest BCUT2D eigenvalue weighted by Crippen LogP contribution is -1.98. The Morgan fingerprint density at radius 2 is 2.60 bits per heavy atom. The average Bonchev–Trinajstić information content (AvgIpc) is 2.34. The van der Waals surface area contributed by atoms with Crippen LogP contribution in [0.4, 0.5) is 5.13 Å². The number of thiocarbonyl (C=S) groups is 1. The van der Waals surface area contributed by atoms with Crippen molar-refractivity contribution in [2.45, 2.75) is 0 Å². The fourth-order valence-corrected chi connectivity index (χ4v) is 1.09. The number of anilines is 1. The van der Waals surface area contributed by atoms with E-state index in [9.17, 15) is 4.79 Å². The average molecular weight is 171 g/mol. The number of Topliss-reactive ketones (excluding diaryl/α,β-unsaturated/α-hetero) is 1. The van der Waals surface area contributed by atoms with E-state index in [0.717, 1.165) is 0 Å². The van der Waals surface area contributed by atoms with E-state index < -0.39 is 0 Å². The van der Waals surface area contributed by atoms with Crippen LogP contribution in [0.25, 0.3) is 0 Å². The summed E-state index contributed by atoms with van der Waals surface area (Å²) in [5, 5.41) is 3.95. The Morgan fingerprint density at radius 3 is 3.00 bits per heavy atom. The van der Waals surface area contributed by atoms with Gasteiger partial charge in [-0.25, -0.2) is 4.98 Å². The first kappa shape index (κ1) is 7.30. The molecule has 1 heterocycles. The van der Waals surface area contributed by atoms with E-state index >= 15 is 0 Å². The Morgan fingerprint density at radius 1 is 1.90 bits per heavy atom. The number of thiazole rings is 1. The fraction of sp³-hybridized carbons (Fsp3) is 0. The molecule has 0 amide bonds. The predicted octanol–water partition coefficient (Wildman–Crippen LogP) is 0.785. The second-order valence-corrected chi connectivity index (χ2v) is 2.60. The van der Waals surface area contributed by atoms with E-state index in [2.05, 4.69) is 17.2 Å². The highest BCUT2D eigenvalue weighted by Crippen LogP contribution is 2.10. The lowest BCUT2D eigenvalue weighted by molar-refractivity contribution is 0.106. The van der Waals surface area contributed by atoms with Gasteiger partial charge < -0.3 is 5.73 Å². The molecule has 0 aromatic carbocycles. The van der Waals surface area contributed by atoms with Crippen LogP contribution in [0.1, 0.15) is 10.5 Å². The van der Waals surface area contributed by atoms with Crippen LogP contribution >= 0.6 is 23.6 Å². The van der Waals surface area contributed by atoms with Gasteiger partial charge in [-0.15, -0.1) is 11.3 Å². The number of aromatic nitrogens is 1. The maximum Gasteiger partial charge on any atom is 0.224 e. The van der Waals surface area contributed by atoms with E-state index in [1.165, 1.54) is 11.3 Å². The van der Waals surface area contributed by atoms with Crippen molar-refractivity contribution in [2.24, 2.45) is 0 Å². The third-order valence-corrected chi connectivity index (χ3v) is 1.71. The molecular weight excluding hydrogens is 168 g/mol. The van der Waals surface area contributed by atoms with Crippen molar-refractivity contribution in [1.82, 2.24) is 4.98 Å². The van der Waals surface area contributed by atoms with Crippen LogP contribution in [-0.4, -0.2) is 16.1 Å². The van der Waals surface area contributed by atoms with Crippen LogP contribution in [0.3, 0.4) is 0 Å². The molecule has 0 saturated heterocycles. The third kappa shape index (κ3) is 1.37. The van der Waals surface area contributed by atoms with Gasteiger partial charge in [-0.2, -0.15) is 0 Å². The minimum absolute atomic E-state index is 0.275. The quantitative estimate of drug-likeness (QED) is 0.528. The minimum Gasteiger partial charge on any atom is -0.375 e. The molecule has 0 atom stereocenters. The van der Waals surface area contributed by atoms with Gasteiger partial charge in [0.05, 0.1) is 0 Å². The first-order valence-electron chi connectivity index (χ1n) is 2.37. The molecule has 0 aliphatic rings. The zero-order valence-corrected chi connectivity index (χ0v) is 6.46. The van der Waals surface area contributed by atoms with Gasteiger partial charge in [-0.3, -0.25) is 4.79 Å². The topological polar surface area (TPSA) is 56.0 Å². The normalized spacial score (nSPS) is 9.20. The van der Waals surface area contributed by atoms with Gasteiger partial charge in [-0.1, -0.05) is 12.2 Å². The van der Waals surface area contributed by atoms with Gasteiger partial charge in [0, 0.05) is 5.38 Å². The molecule has 1 aromatic heterocycles. The highest BCUT2D eigenvalue weighted by Gasteiger charge is 2.05. The minimum atomic E-state index is -0.386. The van der Waals surface area contributed by atoms with Crippen molar-refractivity contribution < 1.29 is 4.79 Å². The Bertz CT molecular complexity index is 268. The molecule has 0 saturated carbocycles. The van der Waals surface area contributed by atoms with E-state index in [0.29, 0.717) is 5.13 Å². The summed E-state index contributed by atoms with van der Waals surface area (Å²) in [6.07, 6.45) is 0. The molecule has 51 valence electrons. The summed E-state index contributed by atoms with van der Waals surface area (Å²) in [4.78, 5) is 14.4. The van der Waals surface area contributed by atoms with E-state index in [-0.39, 0.29) is 11.5 Å². The highest BCUT2D eigenvalue weighted by molar-refractivity contribution is 7.80. The monoisotopic (exact) mass is 171 g/mol. The molecule has 0 unspecified atom stereocenters. The zero-order valence-electron chi connectivity index (χ0n) is 4.83. The van der Waals surface area contributed by atoms with Crippen molar-refractivity contribution in [1.29, 1.82) is 0 Å². The molecule has 3 nitrogen and oxygen atoms in total. The summed E-state index contributed by atoms with van der Waals surface area (Å²) in [7, 11) is 0. The Balaban J connectivity index is 2.95. The molecule has 1 radical (unpaired) electrons. The van der Waals surface area contributed by atoms with Crippen LogP contribution in [0.5, 0.6) is 0 Å². The van der Waals surface area contributed by atoms with Gasteiger partial charge in [0.15, 0.2) is 5.13 Å². The molecule has 0 aliphatic heterocycles. The molecule has 1 aromatic rings. The first-order chi connectivity index (χ1) is 4.74. The number of hydrogen-bond donors (Lipinski definition) is 1. The third-order valence-electron chi connectivity index (χ3n) is 0.847. The summed E-state index contributed by atoms with van der Waals surface area (Å²) in [5.74, 6) is -0.386. The molecular formula is C5H3N2OS2. The van der Waals surface area contributed by atoms with Gasteiger partial charge in [0.2, 0.25) is 5.78 Å². The second-order valence-electron chi connectivity index (χ2n) is 1.50. The maximum absolute atomic E-state index is 10.7. The van der Waals surface area contributed by atoms with E-state index in [1.54, 1.807) is 5.38 Å². The summed E-state index contributed by atoms with van der Waals surface area (Å²) in [6.45, 7) is 0. The van der Waals surface area contributed by atoms with Gasteiger partial charge in [-0.05, 0) is 0 Å². The van der Waals surface area contributed by atoms with Crippen LogP contribution in [0, 0.1) is 0 Å². The van der Waals surface area contributed by atoms with Crippen molar-refractivity contribution >= 4 is 39.8 Å². The molecule has 1 rings (SSSR count). The predicted molar refractivity (Wildman–Crippen MR) is 43.5 cm³/mol. The van der Waals surface area contributed by atoms with Gasteiger partial charge in [0.25, 0.3) is 0 Å². The van der Waals surface area contributed by atoms with Gasteiger partial charge >= 0.3 is 0 Å². The summed E-state index contributed by atoms with van der Waals surface area (Å²) in [6, 6.07) is 0. The standard InChI is InChI=1S/C5H3N2OS2/c6-5-7-3(2-10-5)4(8)1-9/h2H,(H2,6,7). The number of nitrogens with two attached hydrogens (primary N) is 1. The highest BCUT2D eigenvalue weighted by atomic mass is 32.1. The molecule has 0 aliphatic carbocycles. The Kier molecular flexibility index (Phi) is 2.08. The fourth-order valence-electron chi connectivity index (χ4n) is 0.444. The molecule has 5 heteroatoms. The number of carbonyl (C=O) groups excluding carboxylic acids is 1. The molecule has 0 bridgehead atoms. The van der Waals surface area contributed by atoms with Crippen molar-refractivity contribution in [3.63, 3.8) is 0 Å². The van der Waals surface area contributed by atoms with Crippen LogP contribution in [-0.2, 0) is 0 Å². The number of nitrogens with zero attached hydrogens (tertiary/aromatic N) is 1. The Hall–Kier alpha value is -0.810. The van der Waals surface area contributed by atoms with Crippen molar-refractivity contribution in [3.05, 3.63) is 11.1 Å². The Labute approximate surface area is 66.9 Å². The smallest absolute Gasteiger partial charge is 0.224 e. The zero-order chi connectivity index (χ0) is 7.56. The molecule has 0 spiro atoms. The largest absolute Gasteiger partial charge is 0.375 e. The van der Waals surface area contributed by atoms with Crippen LogP contribution < -0.4 is 5.73 Å². The summed E-state index contributed by atoms with van der Waals surface area (Å²) < 4.78 is 0. The number of carbonyl (C=O) groups is 1. The number of rotatable bonds is 2. The van der Waals surface area contributed by atoms with Crippen molar-refractivity contribution in [3.8, 4) is 0 Å². The first-order valence-corrected chi connectivity index (χ1v) is 3.66. The number of hydrogen-bond acceptors (Lipinski definition) is 5. The van der Waals surface area contributed by atoms with Crippen molar-refractivity contribution in [2.75, 3.05) is 5.73 Å².